The molecule has 1 aliphatic rings. The van der Waals surface area contributed by atoms with Gasteiger partial charge in [0, 0.05) is 0 Å². The molecule has 1 aliphatic carbocycles. The van der Waals surface area contributed by atoms with E-state index in [4.69, 9.17) is 4.74 Å². The Bertz CT molecular complexity index is 314. The molecule has 0 spiro atoms. The fourth-order valence-electron chi connectivity index (χ4n) is 3.55. The molecule has 3 heteroatoms. The zero-order chi connectivity index (χ0) is 15.4. The van der Waals surface area contributed by atoms with Gasteiger partial charge in [-0.25, -0.2) is 0 Å². The van der Waals surface area contributed by atoms with Crippen LogP contribution in [0.2, 0.25) is 0 Å². The summed E-state index contributed by atoms with van der Waals surface area (Å²) in [6.07, 6.45) is 5.26. The third-order valence-electron chi connectivity index (χ3n) is 5.50. The Balaban J connectivity index is 2.71. The molecule has 0 aliphatic heterocycles. The summed E-state index contributed by atoms with van der Waals surface area (Å²) in [4.78, 5) is 12.0. The summed E-state index contributed by atoms with van der Waals surface area (Å²) in [5.41, 5.74) is -0.533. The molecule has 0 amide bonds. The SMILES string of the molecule is CCOC(=O)C(CC)C1(O)CCC(C(C)(C)CC)CC1. The van der Waals surface area contributed by atoms with Crippen molar-refractivity contribution in [3.63, 3.8) is 0 Å². The van der Waals surface area contributed by atoms with Gasteiger partial charge in [-0.3, -0.25) is 4.79 Å². The average Bonchev–Trinajstić information content (AvgIpc) is 2.40. The molecule has 0 heterocycles. The Morgan fingerprint density at radius 2 is 1.85 bits per heavy atom. The molecule has 1 unspecified atom stereocenters. The van der Waals surface area contributed by atoms with Crippen molar-refractivity contribution in [2.45, 2.75) is 78.7 Å². The summed E-state index contributed by atoms with van der Waals surface area (Å²) in [6, 6.07) is 0. The maximum Gasteiger partial charge on any atom is 0.311 e. The fourth-order valence-corrected chi connectivity index (χ4v) is 3.55. The lowest BCUT2D eigenvalue weighted by molar-refractivity contribution is -0.163. The number of ether oxygens (including phenoxy) is 1. The lowest BCUT2D eigenvalue weighted by Crippen LogP contribution is -2.47. The van der Waals surface area contributed by atoms with Gasteiger partial charge in [-0.1, -0.05) is 34.1 Å². The molecule has 118 valence electrons. The molecule has 0 saturated heterocycles. The highest BCUT2D eigenvalue weighted by Crippen LogP contribution is 2.46. The normalized spacial score (nSPS) is 29.0. The minimum absolute atomic E-state index is 0.231. The minimum Gasteiger partial charge on any atom is -0.466 e. The Hall–Kier alpha value is -0.570. The van der Waals surface area contributed by atoms with Crippen molar-refractivity contribution >= 4 is 5.97 Å². The highest BCUT2D eigenvalue weighted by atomic mass is 16.5. The lowest BCUT2D eigenvalue weighted by Gasteiger charge is -2.44. The average molecular weight is 284 g/mol. The monoisotopic (exact) mass is 284 g/mol. The second-order valence-electron chi connectivity index (χ2n) is 6.93. The van der Waals surface area contributed by atoms with Crippen LogP contribution in [0.5, 0.6) is 0 Å². The minimum atomic E-state index is -0.860. The third-order valence-corrected chi connectivity index (χ3v) is 5.50. The van der Waals surface area contributed by atoms with Crippen molar-refractivity contribution in [3.05, 3.63) is 0 Å². The smallest absolute Gasteiger partial charge is 0.311 e. The van der Waals surface area contributed by atoms with Gasteiger partial charge in [-0.05, 0) is 50.4 Å². The van der Waals surface area contributed by atoms with E-state index in [1.807, 2.05) is 13.8 Å². The van der Waals surface area contributed by atoms with Crippen LogP contribution < -0.4 is 0 Å². The number of rotatable bonds is 6. The number of esters is 1. The van der Waals surface area contributed by atoms with Gasteiger partial charge in [-0.2, -0.15) is 0 Å². The van der Waals surface area contributed by atoms with E-state index in [2.05, 4.69) is 20.8 Å². The first-order valence-electron chi connectivity index (χ1n) is 8.19. The first kappa shape index (κ1) is 17.5. The topological polar surface area (TPSA) is 46.5 Å². The summed E-state index contributed by atoms with van der Waals surface area (Å²) in [7, 11) is 0. The first-order chi connectivity index (χ1) is 9.30. The van der Waals surface area contributed by atoms with Crippen LogP contribution in [0.15, 0.2) is 0 Å². The predicted octanol–water partition coefficient (Wildman–Crippen LogP) is 3.93. The molecule has 1 N–H and O–H groups in total. The summed E-state index contributed by atoms with van der Waals surface area (Å²) in [5.74, 6) is 0.0475. The highest BCUT2D eigenvalue weighted by molar-refractivity contribution is 5.73. The van der Waals surface area contributed by atoms with Gasteiger partial charge in [0.15, 0.2) is 0 Å². The molecule has 1 fully saturated rings. The summed E-state index contributed by atoms with van der Waals surface area (Å²) in [5, 5.41) is 10.9. The Morgan fingerprint density at radius 3 is 2.25 bits per heavy atom. The van der Waals surface area contributed by atoms with Gasteiger partial charge in [0.1, 0.15) is 0 Å². The van der Waals surface area contributed by atoms with Crippen LogP contribution >= 0.6 is 0 Å². The van der Waals surface area contributed by atoms with Gasteiger partial charge in [0.2, 0.25) is 0 Å². The van der Waals surface area contributed by atoms with Crippen LogP contribution in [0.3, 0.4) is 0 Å². The van der Waals surface area contributed by atoms with Crippen molar-refractivity contribution in [1.29, 1.82) is 0 Å². The second-order valence-corrected chi connectivity index (χ2v) is 6.93. The maximum absolute atomic E-state index is 12.0. The molecule has 3 nitrogen and oxygen atoms in total. The fraction of sp³-hybridized carbons (Fsp3) is 0.941. The molecule has 20 heavy (non-hydrogen) atoms. The molecular weight excluding hydrogens is 252 g/mol. The van der Waals surface area contributed by atoms with Crippen molar-refractivity contribution in [1.82, 2.24) is 0 Å². The summed E-state index contributed by atoms with van der Waals surface area (Å²) in [6.45, 7) is 11.0. The number of hydrogen-bond acceptors (Lipinski definition) is 3. The zero-order valence-electron chi connectivity index (χ0n) is 13.9. The van der Waals surface area contributed by atoms with E-state index in [1.54, 1.807) is 0 Å². The van der Waals surface area contributed by atoms with E-state index in [9.17, 15) is 9.90 Å². The summed E-state index contributed by atoms with van der Waals surface area (Å²) < 4.78 is 5.13. The second kappa shape index (κ2) is 6.93. The van der Waals surface area contributed by atoms with E-state index in [0.29, 0.717) is 24.4 Å². The Labute approximate surface area is 124 Å². The molecule has 1 rings (SSSR count). The molecule has 0 radical (unpaired) electrons. The summed E-state index contributed by atoms with van der Waals surface area (Å²) >= 11 is 0. The third kappa shape index (κ3) is 3.75. The molecular formula is C17H32O3. The quantitative estimate of drug-likeness (QED) is 0.752. The van der Waals surface area contributed by atoms with Gasteiger partial charge in [0.05, 0.1) is 18.1 Å². The molecule has 0 bridgehead atoms. The van der Waals surface area contributed by atoms with Crippen LogP contribution in [0.4, 0.5) is 0 Å². The van der Waals surface area contributed by atoms with Crippen LogP contribution in [-0.2, 0) is 9.53 Å². The highest BCUT2D eigenvalue weighted by Gasteiger charge is 2.45. The molecule has 0 aromatic rings. The van der Waals surface area contributed by atoms with Gasteiger partial charge >= 0.3 is 5.97 Å². The molecule has 0 aromatic carbocycles. The standard InChI is InChI=1S/C17H32O3/c1-6-14(15(18)20-8-3)17(19)11-9-13(10-12-17)16(4,5)7-2/h13-14,19H,6-12H2,1-5H3. The van der Waals surface area contributed by atoms with E-state index in [0.717, 1.165) is 32.1 Å². The van der Waals surface area contributed by atoms with E-state index >= 15 is 0 Å². The molecule has 1 atom stereocenters. The molecule has 0 aromatic heterocycles. The van der Waals surface area contributed by atoms with Gasteiger partial charge in [0.25, 0.3) is 0 Å². The maximum atomic E-state index is 12.0. The first-order valence-corrected chi connectivity index (χ1v) is 8.19. The van der Waals surface area contributed by atoms with Crippen molar-refractivity contribution < 1.29 is 14.6 Å². The predicted molar refractivity (Wildman–Crippen MR) is 81.4 cm³/mol. The largest absolute Gasteiger partial charge is 0.466 e. The van der Waals surface area contributed by atoms with E-state index < -0.39 is 5.60 Å². The van der Waals surface area contributed by atoms with Crippen LogP contribution in [0.1, 0.15) is 73.1 Å². The van der Waals surface area contributed by atoms with Gasteiger partial charge in [-0.15, -0.1) is 0 Å². The molecule has 1 saturated carbocycles. The Morgan fingerprint density at radius 1 is 1.30 bits per heavy atom. The Kier molecular flexibility index (Phi) is 6.06. The van der Waals surface area contributed by atoms with E-state index in [1.165, 1.54) is 0 Å². The van der Waals surface area contributed by atoms with Crippen molar-refractivity contribution in [3.8, 4) is 0 Å². The number of aliphatic hydroxyl groups is 1. The lowest BCUT2D eigenvalue weighted by atomic mass is 9.63. The number of carbonyl (C=O) groups is 1. The van der Waals surface area contributed by atoms with Crippen molar-refractivity contribution in [2.75, 3.05) is 6.61 Å². The number of carbonyl (C=O) groups excluding carboxylic acids is 1. The van der Waals surface area contributed by atoms with Crippen LogP contribution in [0.25, 0.3) is 0 Å². The van der Waals surface area contributed by atoms with Crippen molar-refractivity contribution in [2.24, 2.45) is 17.3 Å². The van der Waals surface area contributed by atoms with Crippen LogP contribution in [-0.4, -0.2) is 23.3 Å². The number of hydrogen-bond donors (Lipinski definition) is 1. The van der Waals surface area contributed by atoms with E-state index in [-0.39, 0.29) is 11.9 Å². The van der Waals surface area contributed by atoms with Gasteiger partial charge < -0.3 is 9.84 Å². The zero-order valence-corrected chi connectivity index (χ0v) is 13.9. The van der Waals surface area contributed by atoms with Crippen LogP contribution in [0, 0.1) is 17.3 Å².